The van der Waals surface area contributed by atoms with Gasteiger partial charge in [0.1, 0.15) is 5.78 Å². The van der Waals surface area contributed by atoms with Crippen LogP contribution < -0.4 is 5.73 Å². The molecule has 2 N–H and O–H groups in total. The van der Waals surface area contributed by atoms with Gasteiger partial charge in [0.25, 0.3) is 0 Å². The minimum absolute atomic E-state index is 0.245. The molecular formula is C15H19NO2. The zero-order valence-electron chi connectivity index (χ0n) is 10.5. The maximum absolute atomic E-state index is 12.1. The van der Waals surface area contributed by atoms with Gasteiger partial charge >= 0.3 is 0 Å². The molecule has 1 fully saturated rings. The third kappa shape index (κ3) is 3.19. The normalized spacial score (nSPS) is 16.4. The van der Waals surface area contributed by atoms with E-state index >= 15 is 0 Å². The van der Waals surface area contributed by atoms with Crippen LogP contribution >= 0.6 is 0 Å². The van der Waals surface area contributed by atoms with Crippen LogP contribution in [0.15, 0.2) is 24.3 Å². The van der Waals surface area contributed by atoms with Crippen molar-refractivity contribution in [2.75, 3.05) is 0 Å². The molecule has 0 heterocycles. The van der Waals surface area contributed by atoms with Crippen LogP contribution in [0.4, 0.5) is 0 Å². The van der Waals surface area contributed by atoms with Crippen molar-refractivity contribution in [3.8, 4) is 0 Å². The second kappa shape index (κ2) is 5.80. The highest BCUT2D eigenvalue weighted by Crippen LogP contribution is 2.25. The lowest BCUT2D eigenvalue weighted by Gasteiger charge is -2.20. The zero-order valence-corrected chi connectivity index (χ0v) is 10.5. The van der Waals surface area contributed by atoms with E-state index in [1.807, 2.05) is 12.1 Å². The maximum Gasteiger partial charge on any atom is 0.248 e. The van der Waals surface area contributed by atoms with Crippen molar-refractivity contribution in [1.29, 1.82) is 0 Å². The van der Waals surface area contributed by atoms with E-state index in [1.54, 1.807) is 12.1 Å². The molecule has 0 saturated heterocycles. The van der Waals surface area contributed by atoms with Crippen LogP contribution in [-0.2, 0) is 11.2 Å². The van der Waals surface area contributed by atoms with Crippen LogP contribution in [0.3, 0.4) is 0 Å². The van der Waals surface area contributed by atoms with E-state index < -0.39 is 5.91 Å². The number of ketones is 1. The Kier molecular flexibility index (Phi) is 4.13. The second-order valence-electron chi connectivity index (χ2n) is 5.04. The fraction of sp³-hybridized carbons (Fsp3) is 0.467. The van der Waals surface area contributed by atoms with Gasteiger partial charge in [0.15, 0.2) is 0 Å². The molecule has 0 spiro atoms. The van der Waals surface area contributed by atoms with Gasteiger partial charge in [-0.2, -0.15) is 0 Å². The lowest BCUT2D eigenvalue weighted by Crippen LogP contribution is -2.19. The number of hydrogen-bond donors (Lipinski definition) is 1. The number of nitrogens with two attached hydrogens (primary N) is 1. The van der Waals surface area contributed by atoms with Crippen LogP contribution in [0.25, 0.3) is 0 Å². The van der Waals surface area contributed by atoms with E-state index in [-0.39, 0.29) is 5.92 Å². The molecule has 1 aromatic rings. The van der Waals surface area contributed by atoms with Gasteiger partial charge in [0.05, 0.1) is 0 Å². The van der Waals surface area contributed by atoms with Crippen molar-refractivity contribution in [3.63, 3.8) is 0 Å². The van der Waals surface area contributed by atoms with Gasteiger partial charge in [-0.15, -0.1) is 0 Å². The summed E-state index contributed by atoms with van der Waals surface area (Å²) in [7, 11) is 0. The largest absolute Gasteiger partial charge is 0.366 e. The Balaban J connectivity index is 1.96. The number of amides is 1. The smallest absolute Gasteiger partial charge is 0.248 e. The minimum Gasteiger partial charge on any atom is -0.366 e. The molecule has 1 aliphatic rings. The SMILES string of the molecule is NC(=O)c1ccc(CC(=O)C2CCCCC2)cc1. The summed E-state index contributed by atoms with van der Waals surface area (Å²) in [5.74, 6) is 0.149. The predicted molar refractivity (Wildman–Crippen MR) is 70.2 cm³/mol. The highest BCUT2D eigenvalue weighted by molar-refractivity contribution is 5.93. The van der Waals surface area contributed by atoms with Gasteiger partial charge in [0.2, 0.25) is 5.91 Å². The van der Waals surface area contributed by atoms with Crippen LogP contribution in [0.1, 0.15) is 48.0 Å². The number of benzene rings is 1. The summed E-state index contributed by atoms with van der Waals surface area (Å²) < 4.78 is 0. The van der Waals surface area contributed by atoms with Crippen molar-refractivity contribution in [2.45, 2.75) is 38.5 Å². The standard InChI is InChI=1S/C15H19NO2/c16-15(18)13-8-6-11(7-9-13)10-14(17)12-4-2-1-3-5-12/h6-9,12H,1-5,10H2,(H2,16,18). The number of carbonyl (C=O) groups is 2. The molecular weight excluding hydrogens is 226 g/mol. The summed E-state index contributed by atoms with van der Waals surface area (Å²) in [6.45, 7) is 0. The molecule has 18 heavy (non-hydrogen) atoms. The van der Waals surface area contributed by atoms with Crippen LogP contribution in [-0.4, -0.2) is 11.7 Å². The van der Waals surface area contributed by atoms with Gasteiger partial charge in [-0.3, -0.25) is 9.59 Å². The average Bonchev–Trinajstić information content (AvgIpc) is 2.40. The minimum atomic E-state index is -0.430. The molecule has 2 rings (SSSR count). The molecule has 3 heteroatoms. The van der Waals surface area contributed by atoms with E-state index in [0.29, 0.717) is 17.8 Å². The molecule has 0 atom stereocenters. The quantitative estimate of drug-likeness (QED) is 0.885. The highest BCUT2D eigenvalue weighted by Gasteiger charge is 2.20. The predicted octanol–water partition coefficient (Wildman–Crippen LogP) is 2.48. The van der Waals surface area contributed by atoms with Gasteiger partial charge in [-0.1, -0.05) is 31.4 Å². The lowest BCUT2D eigenvalue weighted by atomic mass is 9.84. The van der Waals surface area contributed by atoms with Crippen molar-refractivity contribution in [3.05, 3.63) is 35.4 Å². The summed E-state index contributed by atoms with van der Waals surface area (Å²) in [6.07, 6.45) is 6.17. The first kappa shape index (κ1) is 12.8. The Morgan fingerprint density at radius 1 is 1.06 bits per heavy atom. The summed E-state index contributed by atoms with van der Waals surface area (Å²) in [5.41, 5.74) is 6.63. The summed E-state index contributed by atoms with van der Waals surface area (Å²) in [5, 5.41) is 0. The molecule has 96 valence electrons. The Morgan fingerprint density at radius 3 is 2.22 bits per heavy atom. The van der Waals surface area contributed by atoms with E-state index in [0.717, 1.165) is 18.4 Å². The average molecular weight is 245 g/mol. The van der Waals surface area contributed by atoms with Crippen molar-refractivity contribution in [2.24, 2.45) is 11.7 Å². The molecule has 1 aromatic carbocycles. The van der Waals surface area contributed by atoms with Crippen LogP contribution in [0.5, 0.6) is 0 Å². The van der Waals surface area contributed by atoms with E-state index in [9.17, 15) is 9.59 Å². The third-order valence-electron chi connectivity index (χ3n) is 3.68. The molecule has 0 aromatic heterocycles. The lowest BCUT2D eigenvalue weighted by molar-refractivity contribution is -0.123. The third-order valence-corrected chi connectivity index (χ3v) is 3.68. The topological polar surface area (TPSA) is 60.2 Å². The van der Waals surface area contributed by atoms with Gasteiger partial charge in [-0.25, -0.2) is 0 Å². The van der Waals surface area contributed by atoms with Gasteiger partial charge in [-0.05, 0) is 30.5 Å². The van der Waals surface area contributed by atoms with Crippen LogP contribution in [0.2, 0.25) is 0 Å². The zero-order chi connectivity index (χ0) is 13.0. The van der Waals surface area contributed by atoms with Crippen molar-refractivity contribution in [1.82, 2.24) is 0 Å². The van der Waals surface area contributed by atoms with Crippen molar-refractivity contribution >= 4 is 11.7 Å². The first-order valence-electron chi connectivity index (χ1n) is 6.58. The highest BCUT2D eigenvalue weighted by atomic mass is 16.1. The Bertz CT molecular complexity index is 430. The van der Waals surface area contributed by atoms with E-state index in [2.05, 4.69) is 0 Å². The number of Topliss-reactive ketones (excluding diaryl/α,β-unsaturated/α-hetero) is 1. The molecule has 1 aliphatic carbocycles. The molecule has 3 nitrogen and oxygen atoms in total. The first-order valence-corrected chi connectivity index (χ1v) is 6.58. The summed E-state index contributed by atoms with van der Waals surface area (Å²) >= 11 is 0. The molecule has 1 amide bonds. The molecule has 0 unspecified atom stereocenters. The number of rotatable bonds is 4. The Hall–Kier alpha value is -1.64. The van der Waals surface area contributed by atoms with Crippen LogP contribution in [0, 0.1) is 5.92 Å². The van der Waals surface area contributed by atoms with Crippen molar-refractivity contribution < 1.29 is 9.59 Å². The van der Waals surface area contributed by atoms with E-state index in [4.69, 9.17) is 5.73 Å². The Morgan fingerprint density at radius 2 is 1.67 bits per heavy atom. The first-order chi connectivity index (χ1) is 8.66. The van der Waals surface area contributed by atoms with E-state index in [1.165, 1.54) is 19.3 Å². The molecule has 0 aliphatic heterocycles. The van der Waals surface area contributed by atoms with Gasteiger partial charge < -0.3 is 5.73 Å². The number of hydrogen-bond acceptors (Lipinski definition) is 2. The van der Waals surface area contributed by atoms with Gasteiger partial charge in [0, 0.05) is 17.9 Å². The monoisotopic (exact) mass is 245 g/mol. The summed E-state index contributed by atoms with van der Waals surface area (Å²) in [4.78, 5) is 23.0. The number of carbonyl (C=O) groups excluding carboxylic acids is 2. The second-order valence-corrected chi connectivity index (χ2v) is 5.04. The molecule has 0 radical (unpaired) electrons. The maximum atomic E-state index is 12.1. The Labute approximate surface area is 107 Å². The molecule has 1 saturated carbocycles. The number of primary amides is 1. The fourth-order valence-corrected chi connectivity index (χ4v) is 2.56. The summed E-state index contributed by atoms with van der Waals surface area (Å²) in [6, 6.07) is 7.01. The fourth-order valence-electron chi connectivity index (χ4n) is 2.56. The molecule has 0 bridgehead atoms.